The predicted octanol–water partition coefficient (Wildman–Crippen LogP) is 1.33. The van der Waals surface area contributed by atoms with Gasteiger partial charge in [-0.3, -0.25) is 4.79 Å². The normalized spacial score (nSPS) is 13.9. The largest absolute Gasteiger partial charge is 0.293 e. The molecule has 1 aromatic rings. The van der Waals surface area contributed by atoms with Crippen LogP contribution in [-0.2, 0) is 19.7 Å². The number of benzene rings is 1. The SMILES string of the molecule is Cc1ccc(C(=O)C(C)S(=O)(=O)CCS(C)(=O)=O)cc1C. The van der Waals surface area contributed by atoms with Crippen molar-refractivity contribution in [2.24, 2.45) is 0 Å². The third-order valence-corrected chi connectivity index (χ3v) is 6.71. The van der Waals surface area contributed by atoms with Crippen LogP contribution in [0.15, 0.2) is 18.2 Å². The Bertz CT molecular complexity index is 746. The van der Waals surface area contributed by atoms with Crippen molar-refractivity contribution < 1.29 is 21.6 Å². The van der Waals surface area contributed by atoms with Gasteiger partial charge in [0, 0.05) is 11.8 Å². The van der Waals surface area contributed by atoms with E-state index in [0.717, 1.165) is 17.4 Å². The zero-order valence-corrected chi connectivity index (χ0v) is 14.2. The molecule has 1 aromatic carbocycles. The van der Waals surface area contributed by atoms with Crippen molar-refractivity contribution in [3.63, 3.8) is 0 Å². The highest BCUT2D eigenvalue weighted by atomic mass is 32.2. The highest BCUT2D eigenvalue weighted by Gasteiger charge is 2.29. The molecule has 0 aliphatic rings. The van der Waals surface area contributed by atoms with E-state index in [1.54, 1.807) is 18.2 Å². The lowest BCUT2D eigenvalue weighted by Gasteiger charge is -2.12. The number of hydrogen-bond donors (Lipinski definition) is 0. The summed E-state index contributed by atoms with van der Waals surface area (Å²) < 4.78 is 46.3. The summed E-state index contributed by atoms with van der Waals surface area (Å²) in [6, 6.07) is 5.01. The molecule has 0 aliphatic heterocycles. The van der Waals surface area contributed by atoms with Crippen molar-refractivity contribution in [2.75, 3.05) is 17.8 Å². The van der Waals surface area contributed by atoms with Crippen LogP contribution in [0.5, 0.6) is 0 Å². The van der Waals surface area contributed by atoms with Gasteiger partial charge in [-0.05, 0) is 38.0 Å². The third-order valence-electron chi connectivity index (χ3n) is 3.44. The van der Waals surface area contributed by atoms with E-state index in [1.165, 1.54) is 6.92 Å². The van der Waals surface area contributed by atoms with E-state index >= 15 is 0 Å². The quantitative estimate of drug-likeness (QED) is 0.734. The molecule has 1 rings (SSSR count). The molecule has 0 spiro atoms. The Hall–Kier alpha value is -1.21. The fourth-order valence-electron chi connectivity index (χ4n) is 1.74. The van der Waals surface area contributed by atoms with Gasteiger partial charge in [0.15, 0.2) is 15.6 Å². The average molecular weight is 332 g/mol. The molecular weight excluding hydrogens is 312 g/mol. The van der Waals surface area contributed by atoms with Gasteiger partial charge in [0.05, 0.1) is 11.5 Å². The number of Topliss-reactive ketones (excluding diaryl/α,β-unsaturated/α-hetero) is 1. The molecule has 0 fully saturated rings. The molecule has 7 heteroatoms. The first-order chi connectivity index (χ1) is 9.44. The average Bonchev–Trinajstić information content (AvgIpc) is 2.37. The van der Waals surface area contributed by atoms with Crippen molar-refractivity contribution in [2.45, 2.75) is 26.0 Å². The number of hydrogen-bond acceptors (Lipinski definition) is 5. The smallest absolute Gasteiger partial charge is 0.180 e. The van der Waals surface area contributed by atoms with E-state index in [0.29, 0.717) is 5.56 Å². The summed E-state index contributed by atoms with van der Waals surface area (Å²) in [6.45, 7) is 5.04. The van der Waals surface area contributed by atoms with Crippen LogP contribution < -0.4 is 0 Å². The highest BCUT2D eigenvalue weighted by molar-refractivity contribution is 7.95. The number of rotatable bonds is 6. The van der Waals surface area contributed by atoms with Gasteiger partial charge in [-0.2, -0.15) is 0 Å². The first-order valence-electron chi connectivity index (χ1n) is 6.45. The summed E-state index contributed by atoms with van der Waals surface area (Å²) in [5.41, 5.74) is 2.24. The molecule has 1 unspecified atom stereocenters. The first kappa shape index (κ1) is 17.8. The van der Waals surface area contributed by atoms with Gasteiger partial charge in [0.2, 0.25) is 0 Å². The van der Waals surface area contributed by atoms with Crippen LogP contribution in [0.3, 0.4) is 0 Å². The minimum absolute atomic E-state index is 0.327. The standard InChI is InChI=1S/C14H20O5S2/c1-10-5-6-13(9-11(10)2)14(15)12(3)21(18,19)8-7-20(4,16)17/h5-6,9,12H,7-8H2,1-4H3. The monoisotopic (exact) mass is 332 g/mol. The van der Waals surface area contributed by atoms with E-state index in [2.05, 4.69) is 0 Å². The predicted molar refractivity (Wildman–Crippen MR) is 83.2 cm³/mol. The summed E-state index contributed by atoms with van der Waals surface area (Å²) in [5.74, 6) is -1.52. The Morgan fingerprint density at radius 2 is 1.62 bits per heavy atom. The van der Waals surface area contributed by atoms with Gasteiger partial charge in [-0.15, -0.1) is 0 Å². The summed E-state index contributed by atoms with van der Waals surface area (Å²) in [4.78, 5) is 12.3. The lowest BCUT2D eigenvalue weighted by Crippen LogP contribution is -2.31. The zero-order valence-electron chi connectivity index (χ0n) is 12.6. The van der Waals surface area contributed by atoms with Crippen LogP contribution in [0.4, 0.5) is 0 Å². The molecule has 118 valence electrons. The summed E-state index contributed by atoms with van der Waals surface area (Å²) >= 11 is 0. The van der Waals surface area contributed by atoms with Crippen LogP contribution >= 0.6 is 0 Å². The maximum absolute atomic E-state index is 12.3. The Morgan fingerprint density at radius 3 is 2.10 bits per heavy atom. The van der Waals surface area contributed by atoms with E-state index < -0.39 is 42.2 Å². The molecule has 1 atom stereocenters. The molecule has 0 aromatic heterocycles. The third kappa shape index (κ3) is 4.93. The lowest BCUT2D eigenvalue weighted by atomic mass is 10.0. The molecule has 0 heterocycles. The number of carbonyl (C=O) groups is 1. The van der Waals surface area contributed by atoms with Gasteiger partial charge in [-0.1, -0.05) is 12.1 Å². The second-order valence-corrected chi connectivity index (χ2v) is 10.0. The van der Waals surface area contributed by atoms with Crippen molar-refractivity contribution in [3.8, 4) is 0 Å². The van der Waals surface area contributed by atoms with Crippen LogP contribution in [-0.4, -0.2) is 45.6 Å². The Morgan fingerprint density at radius 1 is 1.05 bits per heavy atom. The van der Waals surface area contributed by atoms with E-state index in [1.807, 2.05) is 13.8 Å². The van der Waals surface area contributed by atoms with Crippen molar-refractivity contribution >= 4 is 25.5 Å². The fourth-order valence-corrected chi connectivity index (χ4v) is 4.69. The van der Waals surface area contributed by atoms with Crippen LogP contribution in [0.1, 0.15) is 28.4 Å². The number of aryl methyl sites for hydroxylation is 2. The number of sulfone groups is 2. The summed E-state index contributed by atoms with van der Waals surface area (Å²) in [6.07, 6.45) is 0.971. The zero-order chi connectivity index (χ0) is 16.4. The Labute approximate surface area is 126 Å². The van der Waals surface area contributed by atoms with E-state index in [4.69, 9.17) is 0 Å². The number of carbonyl (C=O) groups excluding carboxylic acids is 1. The summed E-state index contributed by atoms with van der Waals surface area (Å²) in [7, 11) is -7.18. The molecule has 0 saturated heterocycles. The molecular formula is C14H20O5S2. The van der Waals surface area contributed by atoms with Crippen LogP contribution in [0.25, 0.3) is 0 Å². The van der Waals surface area contributed by atoms with Crippen molar-refractivity contribution in [1.82, 2.24) is 0 Å². The Kier molecular flexibility index (Phi) is 5.33. The number of ketones is 1. The van der Waals surface area contributed by atoms with E-state index in [-0.39, 0.29) is 0 Å². The van der Waals surface area contributed by atoms with Crippen molar-refractivity contribution in [3.05, 3.63) is 34.9 Å². The van der Waals surface area contributed by atoms with Gasteiger partial charge < -0.3 is 0 Å². The van der Waals surface area contributed by atoms with Crippen LogP contribution in [0.2, 0.25) is 0 Å². The fraction of sp³-hybridized carbons (Fsp3) is 0.500. The maximum atomic E-state index is 12.3. The minimum Gasteiger partial charge on any atom is -0.293 e. The molecule has 21 heavy (non-hydrogen) atoms. The second kappa shape index (κ2) is 6.27. The van der Waals surface area contributed by atoms with Crippen LogP contribution in [0, 0.1) is 13.8 Å². The van der Waals surface area contributed by atoms with Gasteiger partial charge in [0.1, 0.15) is 15.1 Å². The van der Waals surface area contributed by atoms with Gasteiger partial charge >= 0.3 is 0 Å². The molecule has 0 aliphatic carbocycles. The van der Waals surface area contributed by atoms with Crippen molar-refractivity contribution in [1.29, 1.82) is 0 Å². The molecule has 5 nitrogen and oxygen atoms in total. The second-order valence-electron chi connectivity index (χ2n) is 5.30. The highest BCUT2D eigenvalue weighted by Crippen LogP contribution is 2.15. The molecule has 0 radical (unpaired) electrons. The Balaban J connectivity index is 2.98. The molecule has 0 saturated carbocycles. The summed E-state index contributed by atoms with van der Waals surface area (Å²) in [5, 5.41) is -1.25. The molecule has 0 amide bonds. The first-order valence-corrected chi connectivity index (χ1v) is 10.2. The van der Waals surface area contributed by atoms with Gasteiger partial charge in [0.25, 0.3) is 0 Å². The van der Waals surface area contributed by atoms with Gasteiger partial charge in [-0.25, -0.2) is 16.8 Å². The maximum Gasteiger partial charge on any atom is 0.180 e. The molecule has 0 N–H and O–H groups in total. The van der Waals surface area contributed by atoms with E-state index in [9.17, 15) is 21.6 Å². The molecule has 0 bridgehead atoms. The lowest BCUT2D eigenvalue weighted by molar-refractivity contribution is 0.0991. The minimum atomic E-state index is -3.79. The topological polar surface area (TPSA) is 85.3 Å².